The Balaban J connectivity index is 2.96. The first kappa shape index (κ1) is 14.3. The molecule has 1 aromatic rings. The van der Waals surface area contributed by atoms with Gasteiger partial charge in [0.25, 0.3) is 0 Å². The molecule has 0 atom stereocenters. The fraction of sp³-hybridized carbons (Fsp3) is 0.364. The number of hydrogen-bond acceptors (Lipinski definition) is 4. The summed E-state index contributed by atoms with van der Waals surface area (Å²) in [5.41, 5.74) is 6.34. The van der Waals surface area contributed by atoms with Gasteiger partial charge in [-0.1, -0.05) is 5.16 Å². The van der Waals surface area contributed by atoms with Crippen molar-refractivity contribution in [3.05, 3.63) is 29.8 Å². The van der Waals surface area contributed by atoms with Gasteiger partial charge in [-0.25, -0.2) is 8.42 Å². The van der Waals surface area contributed by atoms with E-state index in [4.69, 9.17) is 10.9 Å². The zero-order valence-corrected chi connectivity index (χ0v) is 11.3. The fourth-order valence-corrected chi connectivity index (χ4v) is 1.83. The standard InChI is InChI=1S/C11H17N3O3S/c1-11(2,3)18(16,17)14-9-6-4-8(5-7-9)10(12)13-15/h4-7,14-15H,1-3H3,(H2,12,13). The lowest BCUT2D eigenvalue weighted by molar-refractivity contribution is 0.318. The maximum atomic E-state index is 11.9. The first-order valence-electron chi connectivity index (χ1n) is 5.28. The molecule has 7 heteroatoms. The number of anilines is 1. The highest BCUT2D eigenvalue weighted by atomic mass is 32.2. The summed E-state index contributed by atoms with van der Waals surface area (Å²) in [5, 5.41) is 11.4. The first-order valence-corrected chi connectivity index (χ1v) is 6.76. The minimum Gasteiger partial charge on any atom is -0.409 e. The summed E-state index contributed by atoms with van der Waals surface area (Å²) >= 11 is 0. The van der Waals surface area contributed by atoms with Crippen molar-refractivity contribution in [3.63, 3.8) is 0 Å². The van der Waals surface area contributed by atoms with Crippen LogP contribution in [0, 0.1) is 0 Å². The average Bonchev–Trinajstić information content (AvgIpc) is 2.27. The quantitative estimate of drug-likeness (QED) is 0.334. The molecule has 100 valence electrons. The smallest absolute Gasteiger partial charge is 0.237 e. The van der Waals surface area contributed by atoms with E-state index in [0.29, 0.717) is 11.3 Å². The summed E-state index contributed by atoms with van der Waals surface area (Å²) in [6, 6.07) is 6.23. The maximum Gasteiger partial charge on any atom is 0.237 e. The molecular weight excluding hydrogens is 254 g/mol. The summed E-state index contributed by atoms with van der Waals surface area (Å²) in [6.07, 6.45) is 0. The largest absolute Gasteiger partial charge is 0.409 e. The first-order chi connectivity index (χ1) is 8.17. The molecule has 0 aliphatic rings. The zero-order chi connectivity index (χ0) is 14.0. The lowest BCUT2D eigenvalue weighted by atomic mass is 10.2. The van der Waals surface area contributed by atoms with Crippen LogP contribution in [-0.2, 0) is 10.0 Å². The van der Waals surface area contributed by atoms with Gasteiger partial charge in [-0.05, 0) is 45.0 Å². The molecule has 0 saturated carbocycles. The van der Waals surface area contributed by atoms with Crippen LogP contribution < -0.4 is 10.5 Å². The monoisotopic (exact) mass is 271 g/mol. The number of nitrogens with one attached hydrogen (secondary N) is 1. The molecule has 1 rings (SSSR count). The third kappa shape index (κ3) is 3.13. The van der Waals surface area contributed by atoms with Gasteiger partial charge in [-0.15, -0.1) is 0 Å². The number of rotatable bonds is 3. The van der Waals surface area contributed by atoms with Crippen LogP contribution in [-0.4, -0.2) is 24.2 Å². The molecule has 0 unspecified atom stereocenters. The number of oxime groups is 1. The van der Waals surface area contributed by atoms with Crippen molar-refractivity contribution < 1.29 is 13.6 Å². The molecule has 6 nitrogen and oxygen atoms in total. The number of nitrogens with two attached hydrogens (primary N) is 1. The van der Waals surface area contributed by atoms with Gasteiger partial charge in [0.05, 0.1) is 4.75 Å². The van der Waals surface area contributed by atoms with Crippen LogP contribution in [0.1, 0.15) is 26.3 Å². The fourth-order valence-electron chi connectivity index (χ4n) is 1.08. The van der Waals surface area contributed by atoms with Crippen molar-refractivity contribution in [3.8, 4) is 0 Å². The van der Waals surface area contributed by atoms with Gasteiger partial charge in [0.15, 0.2) is 5.84 Å². The highest BCUT2D eigenvalue weighted by Gasteiger charge is 2.28. The Morgan fingerprint density at radius 3 is 2.17 bits per heavy atom. The molecule has 0 fully saturated rings. The van der Waals surface area contributed by atoms with Crippen LogP contribution in [0.15, 0.2) is 29.4 Å². The third-order valence-electron chi connectivity index (χ3n) is 2.35. The Kier molecular flexibility index (Phi) is 3.85. The van der Waals surface area contributed by atoms with Gasteiger partial charge < -0.3 is 10.9 Å². The minimum atomic E-state index is -3.45. The molecule has 0 aliphatic carbocycles. The summed E-state index contributed by atoms with van der Waals surface area (Å²) in [7, 11) is -3.45. The van der Waals surface area contributed by atoms with Gasteiger partial charge >= 0.3 is 0 Å². The van der Waals surface area contributed by atoms with Gasteiger partial charge in [0.2, 0.25) is 10.0 Å². The van der Waals surface area contributed by atoms with E-state index >= 15 is 0 Å². The van der Waals surface area contributed by atoms with Crippen molar-refractivity contribution in [1.82, 2.24) is 0 Å². The van der Waals surface area contributed by atoms with E-state index in [1.165, 1.54) is 0 Å². The van der Waals surface area contributed by atoms with Crippen molar-refractivity contribution in [2.75, 3.05) is 4.72 Å². The molecule has 0 spiro atoms. The SMILES string of the molecule is CC(C)(C)S(=O)(=O)Nc1ccc(/C(N)=N/O)cc1. The molecule has 18 heavy (non-hydrogen) atoms. The van der Waals surface area contributed by atoms with E-state index < -0.39 is 14.8 Å². The highest BCUT2D eigenvalue weighted by Crippen LogP contribution is 2.19. The van der Waals surface area contributed by atoms with Crippen LogP contribution in [0.5, 0.6) is 0 Å². The van der Waals surface area contributed by atoms with Crippen molar-refractivity contribution in [1.29, 1.82) is 0 Å². The zero-order valence-electron chi connectivity index (χ0n) is 10.5. The predicted octanol–water partition coefficient (Wildman–Crippen LogP) is 1.32. The molecule has 0 radical (unpaired) electrons. The Labute approximate surface area is 107 Å². The van der Waals surface area contributed by atoms with E-state index in [1.807, 2.05) is 0 Å². The van der Waals surface area contributed by atoms with Gasteiger partial charge in [-0.2, -0.15) is 0 Å². The van der Waals surface area contributed by atoms with E-state index in [2.05, 4.69) is 9.88 Å². The lowest BCUT2D eigenvalue weighted by Gasteiger charge is -2.20. The average molecular weight is 271 g/mol. The Morgan fingerprint density at radius 2 is 1.78 bits per heavy atom. The molecule has 0 saturated heterocycles. The Hall–Kier alpha value is -1.76. The lowest BCUT2D eigenvalue weighted by Crippen LogP contribution is -2.33. The van der Waals surface area contributed by atoms with E-state index in [9.17, 15) is 8.42 Å². The molecule has 0 heterocycles. The summed E-state index contributed by atoms with van der Waals surface area (Å²) in [6.45, 7) is 4.83. The van der Waals surface area contributed by atoms with Crippen molar-refractivity contribution in [2.24, 2.45) is 10.9 Å². The molecule has 0 aliphatic heterocycles. The second kappa shape index (κ2) is 4.85. The molecule has 0 amide bonds. The number of sulfonamides is 1. The van der Waals surface area contributed by atoms with Crippen LogP contribution in [0.25, 0.3) is 0 Å². The minimum absolute atomic E-state index is 0.0276. The van der Waals surface area contributed by atoms with Gasteiger partial charge in [0, 0.05) is 11.3 Å². The molecule has 0 aromatic heterocycles. The number of nitrogens with zero attached hydrogens (tertiary/aromatic N) is 1. The Bertz CT molecular complexity index is 542. The van der Waals surface area contributed by atoms with Crippen LogP contribution >= 0.6 is 0 Å². The Morgan fingerprint density at radius 1 is 1.28 bits per heavy atom. The van der Waals surface area contributed by atoms with Crippen LogP contribution in [0.2, 0.25) is 0 Å². The second-order valence-electron chi connectivity index (χ2n) is 4.78. The summed E-state index contributed by atoms with van der Waals surface area (Å²) < 4.78 is 25.4. The van der Waals surface area contributed by atoms with Crippen LogP contribution in [0.4, 0.5) is 5.69 Å². The maximum absolute atomic E-state index is 11.9. The highest BCUT2D eigenvalue weighted by molar-refractivity contribution is 7.94. The normalized spacial score (nSPS) is 13.4. The van der Waals surface area contributed by atoms with E-state index in [0.717, 1.165) is 0 Å². The summed E-state index contributed by atoms with van der Waals surface area (Å²) in [5.74, 6) is -0.0276. The van der Waals surface area contributed by atoms with Gasteiger partial charge in [0.1, 0.15) is 0 Å². The third-order valence-corrected chi connectivity index (χ3v) is 4.46. The molecule has 4 N–H and O–H groups in total. The molecule has 1 aromatic carbocycles. The van der Waals surface area contributed by atoms with Crippen LogP contribution in [0.3, 0.4) is 0 Å². The van der Waals surface area contributed by atoms with Crippen molar-refractivity contribution >= 4 is 21.5 Å². The molecular formula is C11H17N3O3S. The molecule has 0 bridgehead atoms. The summed E-state index contributed by atoms with van der Waals surface area (Å²) in [4.78, 5) is 0. The topological polar surface area (TPSA) is 105 Å². The number of benzene rings is 1. The van der Waals surface area contributed by atoms with E-state index in [1.54, 1.807) is 45.0 Å². The predicted molar refractivity (Wildman–Crippen MR) is 71.2 cm³/mol. The van der Waals surface area contributed by atoms with Crippen molar-refractivity contribution in [2.45, 2.75) is 25.5 Å². The van der Waals surface area contributed by atoms with E-state index in [-0.39, 0.29) is 5.84 Å². The van der Waals surface area contributed by atoms with Gasteiger partial charge in [-0.3, -0.25) is 4.72 Å². The number of amidine groups is 1. The second-order valence-corrected chi connectivity index (χ2v) is 7.22. The number of hydrogen-bond donors (Lipinski definition) is 3.